The molecule has 0 saturated carbocycles. The van der Waals surface area contributed by atoms with Gasteiger partial charge in [0.1, 0.15) is 0 Å². The topological polar surface area (TPSA) is 85.7 Å². The molecule has 0 aliphatic heterocycles. The smallest absolute Gasteiger partial charge is 0.339 e. The number of tetrazole rings is 1. The quantitative estimate of drug-likeness (QED) is 0.748. The zero-order valence-corrected chi connectivity index (χ0v) is 13.2. The zero-order chi connectivity index (χ0) is 16.4. The van der Waals surface area contributed by atoms with E-state index in [0.717, 1.165) is 22.6 Å². The second-order valence-corrected chi connectivity index (χ2v) is 5.14. The Labute approximate surface area is 133 Å². The van der Waals surface area contributed by atoms with Crippen molar-refractivity contribution in [2.75, 3.05) is 6.61 Å². The van der Waals surface area contributed by atoms with Crippen molar-refractivity contribution in [3.63, 3.8) is 0 Å². The van der Waals surface area contributed by atoms with Crippen molar-refractivity contribution in [3.8, 4) is 17.1 Å². The van der Waals surface area contributed by atoms with E-state index in [-0.39, 0.29) is 5.97 Å². The lowest BCUT2D eigenvalue weighted by Crippen LogP contribution is -2.07. The van der Waals surface area contributed by atoms with Crippen LogP contribution in [0.1, 0.15) is 28.7 Å². The minimum atomic E-state index is -0.303. The van der Waals surface area contributed by atoms with E-state index in [2.05, 4.69) is 20.6 Å². The molecule has 2 aromatic heterocycles. The molecule has 1 N–H and O–H groups in total. The van der Waals surface area contributed by atoms with Gasteiger partial charge in [-0.15, -0.1) is 5.10 Å². The summed E-state index contributed by atoms with van der Waals surface area (Å²) in [5.41, 5.74) is 4.19. The van der Waals surface area contributed by atoms with Crippen LogP contribution in [0.25, 0.3) is 17.1 Å². The van der Waals surface area contributed by atoms with Crippen LogP contribution in [0.3, 0.4) is 0 Å². The van der Waals surface area contributed by atoms with E-state index in [9.17, 15) is 4.79 Å². The Bertz CT molecular complexity index is 836. The molecule has 0 radical (unpaired) electrons. The van der Waals surface area contributed by atoms with Gasteiger partial charge in [0, 0.05) is 22.6 Å². The molecule has 23 heavy (non-hydrogen) atoms. The van der Waals surface area contributed by atoms with Gasteiger partial charge in [-0.3, -0.25) is 0 Å². The third-order valence-electron chi connectivity index (χ3n) is 3.65. The molecule has 0 spiro atoms. The third-order valence-corrected chi connectivity index (χ3v) is 3.65. The van der Waals surface area contributed by atoms with E-state index in [1.54, 1.807) is 6.92 Å². The molecular weight excluding hydrogens is 294 g/mol. The number of benzene rings is 1. The summed E-state index contributed by atoms with van der Waals surface area (Å²) in [5.74, 6) is 0.294. The van der Waals surface area contributed by atoms with Crippen LogP contribution in [0, 0.1) is 13.8 Å². The summed E-state index contributed by atoms with van der Waals surface area (Å²) in [6.45, 7) is 6.02. The number of H-pyrrole nitrogens is 1. The molecule has 118 valence electrons. The van der Waals surface area contributed by atoms with Gasteiger partial charge in [0.2, 0.25) is 0 Å². The summed E-state index contributed by atoms with van der Waals surface area (Å²) in [6.07, 6.45) is 0. The van der Waals surface area contributed by atoms with Crippen LogP contribution >= 0.6 is 0 Å². The van der Waals surface area contributed by atoms with Gasteiger partial charge in [0.05, 0.1) is 12.2 Å². The molecule has 3 rings (SSSR count). The number of hydrogen-bond donors (Lipinski definition) is 1. The fourth-order valence-corrected chi connectivity index (χ4v) is 2.65. The number of carbonyl (C=O) groups excluding carboxylic acids is 1. The first-order valence-corrected chi connectivity index (χ1v) is 7.32. The van der Waals surface area contributed by atoms with Crippen LogP contribution in [0.2, 0.25) is 0 Å². The molecule has 7 heteroatoms. The molecule has 0 aliphatic rings. The van der Waals surface area contributed by atoms with E-state index in [1.807, 2.05) is 48.7 Å². The van der Waals surface area contributed by atoms with Gasteiger partial charge >= 0.3 is 5.97 Å². The lowest BCUT2D eigenvalue weighted by molar-refractivity contribution is 0.0525. The summed E-state index contributed by atoms with van der Waals surface area (Å²) < 4.78 is 7.13. The first-order valence-electron chi connectivity index (χ1n) is 7.32. The number of esters is 1. The van der Waals surface area contributed by atoms with Gasteiger partial charge in [-0.05, 0) is 49.4 Å². The minimum Gasteiger partial charge on any atom is -0.462 e. The summed E-state index contributed by atoms with van der Waals surface area (Å²) >= 11 is 0. The Morgan fingerprint density at radius 3 is 2.83 bits per heavy atom. The van der Waals surface area contributed by atoms with E-state index >= 15 is 0 Å². The number of aromatic nitrogens is 5. The number of rotatable bonds is 4. The zero-order valence-electron chi connectivity index (χ0n) is 13.2. The highest BCUT2D eigenvalue weighted by Crippen LogP contribution is 2.24. The Morgan fingerprint density at radius 1 is 1.30 bits per heavy atom. The number of nitrogens with zero attached hydrogens (tertiary/aromatic N) is 4. The average Bonchev–Trinajstić information content (AvgIpc) is 3.16. The van der Waals surface area contributed by atoms with Crippen LogP contribution < -0.4 is 0 Å². The normalized spacial score (nSPS) is 10.7. The standard InChI is InChI=1S/C16H17N5O2/c1-4-23-16(22)14-8-10(2)21(11(14)3)13-7-5-6-12(9-13)15-17-19-20-18-15/h5-9H,4H2,1-3H3,(H,17,18,19,20). The molecule has 7 nitrogen and oxygen atoms in total. The fraction of sp³-hybridized carbons (Fsp3) is 0.250. The lowest BCUT2D eigenvalue weighted by Gasteiger charge is -2.11. The van der Waals surface area contributed by atoms with Gasteiger partial charge in [0.25, 0.3) is 0 Å². The Hall–Kier alpha value is -2.96. The van der Waals surface area contributed by atoms with E-state index in [4.69, 9.17) is 4.74 Å². The lowest BCUT2D eigenvalue weighted by atomic mass is 10.2. The van der Waals surface area contributed by atoms with Crippen molar-refractivity contribution in [1.29, 1.82) is 0 Å². The Kier molecular flexibility index (Phi) is 3.92. The number of carbonyl (C=O) groups is 1. The first kappa shape index (κ1) is 15.0. The van der Waals surface area contributed by atoms with Gasteiger partial charge in [-0.2, -0.15) is 0 Å². The van der Waals surface area contributed by atoms with Gasteiger partial charge < -0.3 is 9.30 Å². The van der Waals surface area contributed by atoms with E-state index in [0.29, 0.717) is 18.0 Å². The number of ether oxygens (including phenoxy) is 1. The number of aromatic amines is 1. The van der Waals surface area contributed by atoms with E-state index in [1.165, 1.54) is 0 Å². The fourth-order valence-electron chi connectivity index (χ4n) is 2.65. The van der Waals surface area contributed by atoms with Crippen molar-refractivity contribution >= 4 is 5.97 Å². The SMILES string of the molecule is CCOC(=O)c1cc(C)n(-c2cccc(-c3nnn[nH]3)c2)c1C. The van der Waals surface area contributed by atoms with Crippen LogP contribution in [0.15, 0.2) is 30.3 Å². The predicted octanol–water partition coefficient (Wildman–Crippen LogP) is 2.45. The number of hydrogen-bond acceptors (Lipinski definition) is 5. The summed E-state index contributed by atoms with van der Waals surface area (Å²) in [5, 5.41) is 13.9. The highest BCUT2D eigenvalue weighted by atomic mass is 16.5. The van der Waals surface area contributed by atoms with Crippen LogP contribution in [-0.2, 0) is 4.74 Å². The maximum absolute atomic E-state index is 12.0. The Morgan fingerprint density at radius 2 is 2.13 bits per heavy atom. The molecule has 0 fully saturated rings. The maximum Gasteiger partial charge on any atom is 0.339 e. The molecular formula is C16H17N5O2. The van der Waals surface area contributed by atoms with Crippen molar-refractivity contribution in [1.82, 2.24) is 25.2 Å². The average molecular weight is 311 g/mol. The monoisotopic (exact) mass is 311 g/mol. The van der Waals surface area contributed by atoms with Gasteiger partial charge in [-0.1, -0.05) is 12.1 Å². The second-order valence-electron chi connectivity index (χ2n) is 5.14. The summed E-state index contributed by atoms with van der Waals surface area (Å²) in [4.78, 5) is 12.0. The first-order chi connectivity index (χ1) is 11.1. The van der Waals surface area contributed by atoms with Crippen LogP contribution in [0.4, 0.5) is 0 Å². The summed E-state index contributed by atoms with van der Waals surface area (Å²) in [6, 6.07) is 9.64. The number of aryl methyl sites for hydroxylation is 1. The highest BCUT2D eigenvalue weighted by molar-refractivity contribution is 5.91. The van der Waals surface area contributed by atoms with Crippen molar-refractivity contribution < 1.29 is 9.53 Å². The molecule has 0 unspecified atom stereocenters. The second kappa shape index (κ2) is 6.04. The van der Waals surface area contributed by atoms with Crippen LogP contribution in [-0.4, -0.2) is 37.8 Å². The van der Waals surface area contributed by atoms with Gasteiger partial charge in [0.15, 0.2) is 5.82 Å². The van der Waals surface area contributed by atoms with Crippen LogP contribution in [0.5, 0.6) is 0 Å². The molecule has 1 aromatic carbocycles. The molecule has 0 atom stereocenters. The third kappa shape index (κ3) is 2.73. The molecule has 2 heterocycles. The molecule has 0 saturated heterocycles. The predicted molar refractivity (Wildman–Crippen MR) is 84.4 cm³/mol. The van der Waals surface area contributed by atoms with Crippen molar-refractivity contribution in [3.05, 3.63) is 47.3 Å². The highest BCUT2D eigenvalue weighted by Gasteiger charge is 2.17. The van der Waals surface area contributed by atoms with Crippen molar-refractivity contribution in [2.45, 2.75) is 20.8 Å². The van der Waals surface area contributed by atoms with Gasteiger partial charge in [-0.25, -0.2) is 9.89 Å². The molecule has 0 bridgehead atoms. The van der Waals surface area contributed by atoms with Crippen molar-refractivity contribution in [2.24, 2.45) is 0 Å². The summed E-state index contributed by atoms with van der Waals surface area (Å²) in [7, 11) is 0. The minimum absolute atomic E-state index is 0.303. The Balaban J connectivity index is 2.06. The maximum atomic E-state index is 12.0. The molecule has 3 aromatic rings. The van der Waals surface area contributed by atoms with E-state index < -0.39 is 0 Å². The molecule has 0 amide bonds. The number of nitrogens with one attached hydrogen (secondary N) is 1. The molecule has 0 aliphatic carbocycles. The largest absolute Gasteiger partial charge is 0.462 e.